The quantitative estimate of drug-likeness (QED) is 0.394. The van der Waals surface area contributed by atoms with E-state index in [9.17, 15) is 9.59 Å². The molecule has 2 aromatic heterocycles. The summed E-state index contributed by atoms with van der Waals surface area (Å²) in [7, 11) is 5.02. The molecule has 37 heavy (non-hydrogen) atoms. The van der Waals surface area contributed by atoms with Gasteiger partial charge in [-0.15, -0.1) is 0 Å². The molecule has 3 aromatic rings. The van der Waals surface area contributed by atoms with E-state index in [-0.39, 0.29) is 30.3 Å². The Morgan fingerprint density at radius 2 is 1.89 bits per heavy atom. The van der Waals surface area contributed by atoms with Crippen LogP contribution in [0.3, 0.4) is 0 Å². The molecule has 0 radical (unpaired) electrons. The van der Waals surface area contributed by atoms with Crippen molar-refractivity contribution in [2.75, 3.05) is 27.4 Å². The maximum Gasteiger partial charge on any atom is 0.325 e. The molecule has 2 atom stereocenters. The van der Waals surface area contributed by atoms with Gasteiger partial charge in [0.15, 0.2) is 0 Å². The Morgan fingerprint density at radius 1 is 1.16 bits per heavy atom. The zero-order valence-electron chi connectivity index (χ0n) is 22.5. The van der Waals surface area contributed by atoms with Gasteiger partial charge in [0.05, 0.1) is 30.3 Å². The van der Waals surface area contributed by atoms with Crippen molar-refractivity contribution >= 4 is 17.0 Å². The minimum absolute atomic E-state index is 0.0163. The van der Waals surface area contributed by atoms with Gasteiger partial charge in [0, 0.05) is 45.1 Å². The second-order valence-corrected chi connectivity index (χ2v) is 9.99. The summed E-state index contributed by atoms with van der Waals surface area (Å²) in [6.07, 6.45) is 5.92. The summed E-state index contributed by atoms with van der Waals surface area (Å²) >= 11 is 0. The van der Waals surface area contributed by atoms with Gasteiger partial charge >= 0.3 is 5.97 Å². The van der Waals surface area contributed by atoms with Crippen LogP contribution in [0.15, 0.2) is 35.3 Å². The maximum absolute atomic E-state index is 12.7. The molecule has 0 spiro atoms. The van der Waals surface area contributed by atoms with Crippen LogP contribution in [-0.2, 0) is 32.6 Å². The summed E-state index contributed by atoms with van der Waals surface area (Å²) in [5, 5.41) is 3.30. The Bertz CT molecular complexity index is 1270. The van der Waals surface area contributed by atoms with Gasteiger partial charge < -0.3 is 23.3 Å². The van der Waals surface area contributed by atoms with Gasteiger partial charge in [-0.3, -0.25) is 14.9 Å². The van der Waals surface area contributed by atoms with Crippen LogP contribution in [0.4, 0.5) is 0 Å². The Morgan fingerprint density at radius 3 is 2.57 bits per heavy atom. The second-order valence-electron chi connectivity index (χ2n) is 9.99. The Balaban J connectivity index is 1.61. The number of carbonyl (C=O) groups is 1. The van der Waals surface area contributed by atoms with Crippen molar-refractivity contribution in [2.45, 2.75) is 64.3 Å². The average Bonchev–Trinajstić information content (AvgIpc) is 3.52. The van der Waals surface area contributed by atoms with Crippen molar-refractivity contribution in [3.8, 4) is 11.4 Å². The fraction of sp³-hybridized carbons (Fsp3) is 0.536. The van der Waals surface area contributed by atoms with E-state index in [4.69, 9.17) is 19.2 Å². The second kappa shape index (κ2) is 12.0. The number of methoxy groups -OCH3 is 2. The predicted molar refractivity (Wildman–Crippen MR) is 143 cm³/mol. The standard InChI is InChI=1S/C28H38N4O5/c1-18-12-21(15-31(3)27(18)33)26-30-23-13-20(10-11-25(23)32(26)19(2)16-35-4)14-29-24(17-36-5)28(34)37-22-8-6-7-9-22/h10-13,15,19,22,24,29H,6-9,14,16-17H2,1-5H3/t19-,24-/m0/s1. The zero-order valence-corrected chi connectivity index (χ0v) is 22.5. The number of hydrogen-bond acceptors (Lipinski definition) is 7. The smallest absolute Gasteiger partial charge is 0.325 e. The number of rotatable bonds is 11. The Hall–Kier alpha value is -3.01. The number of pyridine rings is 1. The number of aromatic nitrogens is 3. The molecular formula is C28H38N4O5. The number of carbonyl (C=O) groups excluding carboxylic acids is 1. The number of hydrogen-bond donors (Lipinski definition) is 1. The highest BCUT2D eigenvalue weighted by atomic mass is 16.5. The maximum atomic E-state index is 12.7. The van der Waals surface area contributed by atoms with Gasteiger partial charge in [0.2, 0.25) is 0 Å². The number of imidazole rings is 1. The van der Waals surface area contributed by atoms with Crippen molar-refractivity contribution < 1.29 is 19.0 Å². The first kappa shape index (κ1) is 27.0. The van der Waals surface area contributed by atoms with Crippen LogP contribution in [-0.4, -0.2) is 59.7 Å². The summed E-state index contributed by atoms with van der Waals surface area (Å²) in [6, 6.07) is 7.49. The summed E-state index contributed by atoms with van der Waals surface area (Å²) in [6.45, 7) is 5.14. The lowest BCUT2D eigenvalue weighted by molar-refractivity contribution is -0.152. The first-order chi connectivity index (χ1) is 17.8. The van der Waals surface area contributed by atoms with E-state index in [0.29, 0.717) is 18.7 Å². The molecule has 9 nitrogen and oxygen atoms in total. The van der Waals surface area contributed by atoms with Gasteiger partial charge in [0.25, 0.3) is 5.56 Å². The molecule has 0 amide bonds. The molecule has 1 aliphatic rings. The highest BCUT2D eigenvalue weighted by Crippen LogP contribution is 2.29. The molecule has 1 aromatic carbocycles. The lowest BCUT2D eigenvalue weighted by atomic mass is 10.1. The van der Waals surface area contributed by atoms with E-state index in [1.54, 1.807) is 25.8 Å². The minimum atomic E-state index is -0.537. The van der Waals surface area contributed by atoms with Gasteiger partial charge in [-0.1, -0.05) is 6.07 Å². The van der Waals surface area contributed by atoms with Crippen molar-refractivity contribution in [3.63, 3.8) is 0 Å². The lowest BCUT2D eigenvalue weighted by Gasteiger charge is -2.20. The van der Waals surface area contributed by atoms with Crippen LogP contribution in [0.2, 0.25) is 0 Å². The number of ether oxygens (including phenoxy) is 3. The summed E-state index contributed by atoms with van der Waals surface area (Å²) in [4.78, 5) is 30.0. The number of nitrogens with zero attached hydrogens (tertiary/aromatic N) is 3. The van der Waals surface area contributed by atoms with Crippen molar-refractivity contribution in [2.24, 2.45) is 7.05 Å². The predicted octanol–water partition coefficient (Wildman–Crippen LogP) is 3.51. The van der Waals surface area contributed by atoms with Crippen LogP contribution in [0.25, 0.3) is 22.4 Å². The molecule has 2 heterocycles. The molecule has 0 bridgehead atoms. The Kier molecular flexibility index (Phi) is 8.79. The number of esters is 1. The van der Waals surface area contributed by atoms with Crippen molar-refractivity contribution in [3.05, 3.63) is 51.9 Å². The molecule has 0 saturated heterocycles. The van der Waals surface area contributed by atoms with Gasteiger partial charge in [-0.25, -0.2) is 4.98 Å². The average molecular weight is 511 g/mol. The van der Waals surface area contributed by atoms with E-state index in [1.807, 2.05) is 37.4 Å². The SMILES string of the molecule is COC[C@H](NCc1ccc2c(c1)nc(-c1cc(C)c(=O)n(C)c1)n2[C@@H](C)COC)C(=O)OC1CCCC1. The van der Waals surface area contributed by atoms with E-state index >= 15 is 0 Å². The molecular weight excluding hydrogens is 472 g/mol. The van der Waals surface area contributed by atoms with Crippen LogP contribution in [0.1, 0.15) is 49.8 Å². The number of aryl methyl sites for hydroxylation is 2. The van der Waals surface area contributed by atoms with E-state index < -0.39 is 6.04 Å². The van der Waals surface area contributed by atoms with E-state index in [0.717, 1.165) is 53.7 Å². The highest BCUT2D eigenvalue weighted by Gasteiger charge is 2.25. The third-order valence-corrected chi connectivity index (χ3v) is 6.98. The molecule has 1 fully saturated rings. The molecule has 9 heteroatoms. The fourth-order valence-electron chi connectivity index (χ4n) is 5.09. The van der Waals surface area contributed by atoms with Crippen LogP contribution in [0.5, 0.6) is 0 Å². The van der Waals surface area contributed by atoms with E-state index in [1.165, 1.54) is 0 Å². The normalized spacial score (nSPS) is 15.8. The number of benzene rings is 1. The molecule has 200 valence electrons. The Labute approximate surface area is 217 Å². The molecule has 0 aliphatic heterocycles. The minimum Gasteiger partial charge on any atom is -0.461 e. The third kappa shape index (κ3) is 6.11. The molecule has 0 unspecified atom stereocenters. The lowest BCUT2D eigenvalue weighted by Crippen LogP contribution is -2.42. The summed E-state index contributed by atoms with van der Waals surface area (Å²) in [5.74, 6) is 0.514. The van der Waals surface area contributed by atoms with Crippen LogP contribution in [0, 0.1) is 6.92 Å². The van der Waals surface area contributed by atoms with Crippen molar-refractivity contribution in [1.29, 1.82) is 0 Å². The monoisotopic (exact) mass is 510 g/mol. The molecule has 1 N–H and O–H groups in total. The van der Waals surface area contributed by atoms with Crippen molar-refractivity contribution in [1.82, 2.24) is 19.4 Å². The molecule has 1 aliphatic carbocycles. The highest BCUT2D eigenvalue weighted by molar-refractivity contribution is 5.81. The zero-order chi connectivity index (χ0) is 26.5. The molecule has 1 saturated carbocycles. The third-order valence-electron chi connectivity index (χ3n) is 6.98. The van der Waals surface area contributed by atoms with Gasteiger partial charge in [-0.2, -0.15) is 0 Å². The first-order valence-electron chi connectivity index (χ1n) is 12.9. The van der Waals surface area contributed by atoms with Gasteiger partial charge in [0.1, 0.15) is 18.0 Å². The fourth-order valence-corrected chi connectivity index (χ4v) is 5.09. The first-order valence-corrected chi connectivity index (χ1v) is 12.9. The molecule has 4 rings (SSSR count). The topological polar surface area (TPSA) is 96.6 Å². The van der Waals surface area contributed by atoms with Crippen LogP contribution < -0.4 is 10.9 Å². The van der Waals surface area contributed by atoms with Crippen LogP contribution >= 0.6 is 0 Å². The summed E-state index contributed by atoms with van der Waals surface area (Å²) < 4.78 is 20.2. The largest absolute Gasteiger partial charge is 0.461 e. The number of fused-ring (bicyclic) bond motifs is 1. The van der Waals surface area contributed by atoms with Gasteiger partial charge in [-0.05, 0) is 63.3 Å². The number of nitrogens with one attached hydrogen (secondary N) is 1. The van der Waals surface area contributed by atoms with E-state index in [2.05, 4.69) is 16.8 Å². The summed E-state index contributed by atoms with van der Waals surface area (Å²) in [5.41, 5.74) is 4.31.